The maximum atomic E-state index is 13.7. The molecule has 0 spiro atoms. The van der Waals surface area contributed by atoms with E-state index in [1.165, 1.54) is 24.3 Å². The first kappa shape index (κ1) is 16.1. The topological polar surface area (TPSA) is 72.2 Å². The molecule has 0 atom stereocenters. The molecule has 0 unspecified atom stereocenters. The van der Waals surface area contributed by atoms with Gasteiger partial charge in [-0.15, -0.1) is 0 Å². The van der Waals surface area contributed by atoms with Crippen molar-refractivity contribution in [3.8, 4) is 0 Å². The predicted octanol–water partition coefficient (Wildman–Crippen LogP) is 2.83. The fraction of sp³-hybridized carbons (Fsp3) is 0.0769. The van der Waals surface area contributed by atoms with Crippen molar-refractivity contribution in [1.29, 1.82) is 0 Å². The molecule has 2 rings (SSSR count). The molecule has 0 fully saturated rings. The zero-order valence-corrected chi connectivity index (χ0v) is 13.6. The van der Waals surface area contributed by atoms with Crippen LogP contribution in [-0.2, 0) is 16.6 Å². The number of hydrogen-bond donors (Lipinski definition) is 2. The van der Waals surface area contributed by atoms with E-state index in [2.05, 4.69) is 4.72 Å². The third kappa shape index (κ3) is 3.69. The van der Waals surface area contributed by atoms with Crippen LogP contribution in [0.15, 0.2) is 41.3 Å². The average Bonchev–Trinajstić information content (AvgIpc) is 2.42. The molecule has 0 saturated heterocycles. The molecule has 0 radical (unpaired) electrons. The molecule has 21 heavy (non-hydrogen) atoms. The molecule has 0 aliphatic rings. The number of anilines is 1. The van der Waals surface area contributed by atoms with Gasteiger partial charge in [0.25, 0.3) is 10.0 Å². The molecule has 3 N–H and O–H groups in total. The molecule has 0 amide bonds. The van der Waals surface area contributed by atoms with Crippen LogP contribution in [0.2, 0.25) is 0 Å². The van der Waals surface area contributed by atoms with Crippen LogP contribution >= 0.6 is 22.6 Å². The van der Waals surface area contributed by atoms with E-state index < -0.39 is 26.6 Å². The van der Waals surface area contributed by atoms with Crippen LogP contribution in [0.1, 0.15) is 5.56 Å². The molecule has 0 heterocycles. The molecule has 2 aromatic carbocycles. The highest BCUT2D eigenvalue weighted by Crippen LogP contribution is 2.24. The van der Waals surface area contributed by atoms with Crippen LogP contribution in [0, 0.1) is 15.2 Å². The second-order valence-electron chi connectivity index (χ2n) is 4.20. The third-order valence-corrected chi connectivity index (χ3v) is 4.97. The second-order valence-corrected chi connectivity index (χ2v) is 7.01. The minimum atomic E-state index is -4.12. The predicted molar refractivity (Wildman–Crippen MR) is 84.2 cm³/mol. The van der Waals surface area contributed by atoms with E-state index in [-0.39, 0.29) is 12.2 Å². The van der Waals surface area contributed by atoms with E-state index in [0.29, 0.717) is 9.13 Å². The van der Waals surface area contributed by atoms with Gasteiger partial charge in [-0.3, -0.25) is 4.72 Å². The van der Waals surface area contributed by atoms with Gasteiger partial charge in [0.2, 0.25) is 0 Å². The van der Waals surface area contributed by atoms with Crippen molar-refractivity contribution in [3.63, 3.8) is 0 Å². The summed E-state index contributed by atoms with van der Waals surface area (Å²) in [5, 5.41) is 0. The highest BCUT2D eigenvalue weighted by molar-refractivity contribution is 14.1. The van der Waals surface area contributed by atoms with Gasteiger partial charge in [0, 0.05) is 10.1 Å². The maximum absolute atomic E-state index is 13.7. The molecular formula is C13H11F2IN2O2S. The van der Waals surface area contributed by atoms with Crippen molar-refractivity contribution < 1.29 is 17.2 Å². The molecule has 0 aromatic heterocycles. The number of nitrogens with one attached hydrogen (secondary N) is 1. The van der Waals surface area contributed by atoms with Gasteiger partial charge in [0.15, 0.2) is 0 Å². The SMILES string of the molecule is NCc1ccc(F)c(S(=O)(=O)Nc2ccc(F)cc2I)c1. The lowest BCUT2D eigenvalue weighted by atomic mass is 10.2. The fourth-order valence-corrected chi connectivity index (χ4v) is 3.66. The van der Waals surface area contributed by atoms with Gasteiger partial charge >= 0.3 is 0 Å². The Balaban J connectivity index is 2.43. The van der Waals surface area contributed by atoms with Crippen LogP contribution in [-0.4, -0.2) is 8.42 Å². The number of sulfonamides is 1. The molecule has 0 aliphatic carbocycles. The Morgan fingerprint density at radius 1 is 1.14 bits per heavy atom. The molecule has 8 heteroatoms. The lowest BCUT2D eigenvalue weighted by molar-refractivity contribution is 0.569. The Kier molecular flexibility index (Phi) is 4.79. The minimum Gasteiger partial charge on any atom is -0.326 e. The lowest BCUT2D eigenvalue weighted by Crippen LogP contribution is -2.16. The van der Waals surface area contributed by atoms with E-state index >= 15 is 0 Å². The molecular weight excluding hydrogens is 413 g/mol. The standard InChI is InChI=1S/C13H11F2IN2O2S/c14-9-2-4-12(11(16)6-9)18-21(19,20)13-5-8(7-17)1-3-10(13)15/h1-6,18H,7,17H2. The molecule has 0 aliphatic heterocycles. The van der Waals surface area contributed by atoms with Crippen molar-refractivity contribution >= 4 is 38.3 Å². The summed E-state index contributed by atoms with van der Waals surface area (Å²) in [5.74, 6) is -1.37. The summed E-state index contributed by atoms with van der Waals surface area (Å²) in [6.45, 7) is 0.0941. The lowest BCUT2D eigenvalue weighted by Gasteiger charge is -2.11. The van der Waals surface area contributed by atoms with Crippen molar-refractivity contribution in [1.82, 2.24) is 0 Å². The first-order chi connectivity index (χ1) is 9.83. The first-order valence-corrected chi connectivity index (χ1v) is 8.36. The normalized spacial score (nSPS) is 11.4. The van der Waals surface area contributed by atoms with Crippen LogP contribution in [0.5, 0.6) is 0 Å². The Morgan fingerprint density at radius 3 is 2.48 bits per heavy atom. The summed E-state index contributed by atoms with van der Waals surface area (Å²) < 4.78 is 53.8. The molecule has 112 valence electrons. The van der Waals surface area contributed by atoms with E-state index in [1.807, 2.05) is 0 Å². The molecule has 2 aromatic rings. The number of rotatable bonds is 4. The van der Waals surface area contributed by atoms with Gasteiger partial charge in [-0.1, -0.05) is 6.07 Å². The van der Waals surface area contributed by atoms with E-state index in [0.717, 1.165) is 12.1 Å². The smallest absolute Gasteiger partial charge is 0.264 e. The summed E-state index contributed by atoms with van der Waals surface area (Å²) in [6.07, 6.45) is 0. The third-order valence-electron chi connectivity index (χ3n) is 2.70. The summed E-state index contributed by atoms with van der Waals surface area (Å²) in [6, 6.07) is 7.20. The number of hydrogen-bond acceptors (Lipinski definition) is 3. The highest BCUT2D eigenvalue weighted by Gasteiger charge is 2.20. The summed E-state index contributed by atoms with van der Waals surface area (Å²) in [5.41, 5.74) is 6.09. The summed E-state index contributed by atoms with van der Waals surface area (Å²) in [7, 11) is -4.12. The van der Waals surface area contributed by atoms with Crippen molar-refractivity contribution in [2.75, 3.05) is 4.72 Å². The fourth-order valence-electron chi connectivity index (χ4n) is 1.65. The summed E-state index contributed by atoms with van der Waals surface area (Å²) >= 11 is 1.79. The maximum Gasteiger partial charge on any atom is 0.264 e. The first-order valence-electron chi connectivity index (χ1n) is 5.80. The summed E-state index contributed by atoms with van der Waals surface area (Å²) in [4.78, 5) is -0.495. The number of benzene rings is 2. The zero-order valence-electron chi connectivity index (χ0n) is 10.6. The largest absolute Gasteiger partial charge is 0.326 e. The van der Waals surface area contributed by atoms with Gasteiger partial charge < -0.3 is 5.73 Å². The van der Waals surface area contributed by atoms with Gasteiger partial charge in [-0.25, -0.2) is 17.2 Å². The number of halogens is 3. The quantitative estimate of drug-likeness (QED) is 0.742. The van der Waals surface area contributed by atoms with Gasteiger partial charge in [0.05, 0.1) is 5.69 Å². The van der Waals surface area contributed by atoms with E-state index in [4.69, 9.17) is 5.73 Å². The van der Waals surface area contributed by atoms with Gasteiger partial charge in [-0.2, -0.15) is 0 Å². The highest BCUT2D eigenvalue weighted by atomic mass is 127. The molecule has 0 saturated carbocycles. The van der Waals surface area contributed by atoms with Crippen LogP contribution in [0.25, 0.3) is 0 Å². The van der Waals surface area contributed by atoms with Crippen LogP contribution < -0.4 is 10.5 Å². The number of nitrogens with two attached hydrogens (primary N) is 1. The Bertz CT molecular complexity index is 782. The molecule has 4 nitrogen and oxygen atoms in total. The Hall–Kier alpha value is -1.26. The van der Waals surface area contributed by atoms with Crippen molar-refractivity contribution in [3.05, 3.63) is 57.2 Å². The average molecular weight is 424 g/mol. The van der Waals surface area contributed by atoms with E-state index in [1.54, 1.807) is 22.6 Å². The van der Waals surface area contributed by atoms with Gasteiger partial charge in [0.1, 0.15) is 16.5 Å². The van der Waals surface area contributed by atoms with Crippen molar-refractivity contribution in [2.24, 2.45) is 5.73 Å². The van der Waals surface area contributed by atoms with Crippen LogP contribution in [0.3, 0.4) is 0 Å². The zero-order chi connectivity index (χ0) is 15.6. The molecule has 0 bridgehead atoms. The van der Waals surface area contributed by atoms with Gasteiger partial charge in [-0.05, 0) is 58.5 Å². The van der Waals surface area contributed by atoms with Crippen molar-refractivity contribution in [2.45, 2.75) is 11.4 Å². The second kappa shape index (κ2) is 6.24. The van der Waals surface area contributed by atoms with E-state index in [9.17, 15) is 17.2 Å². The minimum absolute atomic E-state index is 0.0941. The Morgan fingerprint density at radius 2 is 1.86 bits per heavy atom. The monoisotopic (exact) mass is 424 g/mol. The van der Waals surface area contributed by atoms with Crippen LogP contribution in [0.4, 0.5) is 14.5 Å². The Labute approximate surface area is 134 Å².